The zero-order valence-electron chi connectivity index (χ0n) is 9.62. The first-order valence-corrected chi connectivity index (χ1v) is 6.62. The summed E-state index contributed by atoms with van der Waals surface area (Å²) in [6, 6.07) is 0. The van der Waals surface area contributed by atoms with Crippen LogP contribution in [0.2, 0.25) is 0 Å². The van der Waals surface area contributed by atoms with E-state index < -0.39 is 9.28 Å². The largest absolute Gasteiger partial charge is 0.399 e. The number of hydrogen-bond acceptors (Lipinski definition) is 4. The third-order valence-corrected chi connectivity index (χ3v) is 3.56. The van der Waals surface area contributed by atoms with Gasteiger partial charge in [0.2, 0.25) is 0 Å². The van der Waals surface area contributed by atoms with Crippen LogP contribution < -0.4 is 0 Å². The summed E-state index contributed by atoms with van der Waals surface area (Å²) in [7, 11) is 3.51. The lowest BCUT2D eigenvalue weighted by atomic mass is 10.1. The molecule has 4 nitrogen and oxygen atoms in total. The van der Waals surface area contributed by atoms with Crippen molar-refractivity contribution in [1.82, 2.24) is 0 Å². The van der Waals surface area contributed by atoms with Gasteiger partial charge in [-0.2, -0.15) is 0 Å². The molecule has 0 aliphatic carbocycles. The minimum atomic E-state index is -1.53. The Morgan fingerprint density at radius 3 is 2.29 bits per heavy atom. The maximum Gasteiger partial charge on any atom is 0.347 e. The summed E-state index contributed by atoms with van der Waals surface area (Å²) in [4.78, 5) is 0. The van der Waals surface area contributed by atoms with Gasteiger partial charge in [0.25, 0.3) is 0 Å². The van der Waals surface area contributed by atoms with E-state index in [0.717, 1.165) is 19.6 Å². The van der Waals surface area contributed by atoms with E-state index in [-0.39, 0.29) is 0 Å². The van der Waals surface area contributed by atoms with Crippen molar-refractivity contribution < 1.29 is 18.3 Å². The van der Waals surface area contributed by atoms with Crippen molar-refractivity contribution in [1.29, 1.82) is 0 Å². The smallest absolute Gasteiger partial charge is 0.347 e. The third kappa shape index (κ3) is 7.46. The van der Waals surface area contributed by atoms with E-state index in [9.17, 15) is 0 Å². The lowest BCUT2D eigenvalue weighted by Crippen LogP contribution is -2.27. The van der Waals surface area contributed by atoms with Gasteiger partial charge in [0.1, 0.15) is 0 Å². The summed E-state index contributed by atoms with van der Waals surface area (Å²) in [6.45, 7) is 3.69. The SMILES string of the molecule is COCCC(C)COC[SiH](OC)OC. The zero-order valence-corrected chi connectivity index (χ0v) is 10.8. The van der Waals surface area contributed by atoms with Crippen molar-refractivity contribution in [3.63, 3.8) is 0 Å². The van der Waals surface area contributed by atoms with Crippen LogP contribution in [0.5, 0.6) is 0 Å². The Kier molecular flexibility index (Phi) is 9.64. The van der Waals surface area contributed by atoms with Crippen LogP contribution in [-0.2, 0) is 18.3 Å². The number of ether oxygens (including phenoxy) is 2. The molecule has 0 N–H and O–H groups in total. The van der Waals surface area contributed by atoms with E-state index in [0.29, 0.717) is 12.1 Å². The molecule has 0 heterocycles. The summed E-state index contributed by atoms with van der Waals surface area (Å²) in [5.41, 5.74) is 0. The molecule has 0 amide bonds. The molecule has 0 aromatic rings. The Hall–Kier alpha value is 0.0569. The predicted molar refractivity (Wildman–Crippen MR) is 57.6 cm³/mol. The molecule has 0 rings (SSSR count). The molecule has 0 bridgehead atoms. The Balaban J connectivity index is 3.33. The molecule has 0 saturated heterocycles. The molecule has 14 heavy (non-hydrogen) atoms. The van der Waals surface area contributed by atoms with Crippen molar-refractivity contribution in [3.8, 4) is 0 Å². The predicted octanol–water partition coefficient (Wildman–Crippen LogP) is 0.728. The molecule has 0 aliphatic rings. The molecule has 0 spiro atoms. The maximum absolute atomic E-state index is 5.49. The highest BCUT2D eigenvalue weighted by atomic mass is 28.3. The lowest BCUT2D eigenvalue weighted by Gasteiger charge is -2.14. The summed E-state index contributed by atoms with van der Waals surface area (Å²) >= 11 is 0. The quantitative estimate of drug-likeness (QED) is 0.539. The fourth-order valence-electron chi connectivity index (χ4n) is 1.00. The van der Waals surface area contributed by atoms with Crippen molar-refractivity contribution >= 4 is 9.28 Å². The molecule has 0 aromatic carbocycles. The van der Waals surface area contributed by atoms with Crippen LogP contribution in [0.25, 0.3) is 0 Å². The van der Waals surface area contributed by atoms with Crippen LogP contribution in [0.4, 0.5) is 0 Å². The van der Waals surface area contributed by atoms with Crippen LogP contribution in [0.3, 0.4) is 0 Å². The van der Waals surface area contributed by atoms with Crippen molar-refractivity contribution in [3.05, 3.63) is 0 Å². The van der Waals surface area contributed by atoms with Crippen LogP contribution >= 0.6 is 0 Å². The van der Waals surface area contributed by atoms with Gasteiger partial charge in [-0.3, -0.25) is 0 Å². The topological polar surface area (TPSA) is 36.9 Å². The standard InChI is InChI=1S/C9H22O4Si/c1-9(5-6-10-2)7-13-8-14(11-3)12-4/h9,14H,5-8H2,1-4H3. The molecule has 1 atom stereocenters. The Morgan fingerprint density at radius 1 is 1.14 bits per heavy atom. The Bertz CT molecular complexity index is 119. The van der Waals surface area contributed by atoms with Crippen molar-refractivity contribution in [2.45, 2.75) is 13.3 Å². The van der Waals surface area contributed by atoms with E-state index in [2.05, 4.69) is 6.92 Å². The molecule has 0 aliphatic heterocycles. The van der Waals surface area contributed by atoms with Crippen LogP contribution in [0, 0.1) is 5.92 Å². The average Bonchev–Trinajstić information content (AvgIpc) is 2.21. The maximum atomic E-state index is 5.49. The molecule has 0 saturated carbocycles. The fourth-order valence-corrected chi connectivity index (χ4v) is 1.79. The number of methoxy groups -OCH3 is 1. The summed E-state index contributed by atoms with van der Waals surface area (Å²) < 4.78 is 20.7. The van der Waals surface area contributed by atoms with Crippen molar-refractivity contribution in [2.24, 2.45) is 5.92 Å². The third-order valence-electron chi connectivity index (χ3n) is 2.00. The van der Waals surface area contributed by atoms with Crippen LogP contribution in [0.1, 0.15) is 13.3 Å². The molecule has 0 aromatic heterocycles. The molecule has 1 unspecified atom stereocenters. The number of rotatable bonds is 9. The van der Waals surface area contributed by atoms with Gasteiger partial charge in [0.15, 0.2) is 0 Å². The first-order valence-electron chi connectivity index (χ1n) is 4.86. The van der Waals surface area contributed by atoms with E-state index in [1.54, 1.807) is 21.3 Å². The highest BCUT2D eigenvalue weighted by Crippen LogP contribution is 2.02. The second-order valence-electron chi connectivity index (χ2n) is 3.33. The minimum Gasteiger partial charge on any atom is -0.399 e. The van der Waals surface area contributed by atoms with Gasteiger partial charge >= 0.3 is 9.28 Å². The molecule has 0 fully saturated rings. The van der Waals surface area contributed by atoms with Gasteiger partial charge in [-0.25, -0.2) is 0 Å². The first-order chi connectivity index (χ1) is 6.74. The van der Waals surface area contributed by atoms with Gasteiger partial charge in [-0.15, -0.1) is 0 Å². The summed E-state index contributed by atoms with van der Waals surface area (Å²) in [5, 5.41) is 0. The second-order valence-corrected chi connectivity index (χ2v) is 5.46. The van der Waals surface area contributed by atoms with Gasteiger partial charge in [0, 0.05) is 34.5 Å². The van der Waals surface area contributed by atoms with Crippen molar-refractivity contribution in [2.75, 3.05) is 40.8 Å². The summed E-state index contributed by atoms with van der Waals surface area (Å²) in [5.74, 6) is 0.526. The Labute approximate surface area is 88.3 Å². The van der Waals surface area contributed by atoms with E-state index in [4.69, 9.17) is 18.3 Å². The average molecular weight is 222 g/mol. The van der Waals surface area contributed by atoms with E-state index in [1.165, 1.54) is 0 Å². The van der Waals surface area contributed by atoms with Crippen LogP contribution in [-0.4, -0.2) is 50.1 Å². The highest BCUT2D eigenvalue weighted by Gasteiger charge is 2.10. The second kappa shape index (κ2) is 9.61. The van der Waals surface area contributed by atoms with E-state index >= 15 is 0 Å². The van der Waals surface area contributed by atoms with Gasteiger partial charge < -0.3 is 18.3 Å². The fraction of sp³-hybridized carbons (Fsp3) is 1.00. The molecular weight excluding hydrogens is 200 g/mol. The normalized spacial score (nSPS) is 13.5. The van der Waals surface area contributed by atoms with Gasteiger partial charge in [-0.1, -0.05) is 6.92 Å². The lowest BCUT2D eigenvalue weighted by molar-refractivity contribution is 0.0962. The van der Waals surface area contributed by atoms with E-state index in [1.807, 2.05) is 0 Å². The van der Waals surface area contributed by atoms with Gasteiger partial charge in [-0.05, 0) is 12.3 Å². The molecule has 86 valence electrons. The minimum absolute atomic E-state index is 0.526. The first kappa shape index (κ1) is 14.1. The van der Waals surface area contributed by atoms with Gasteiger partial charge in [0.05, 0.1) is 6.23 Å². The monoisotopic (exact) mass is 222 g/mol. The molecule has 5 heteroatoms. The number of hydrogen-bond donors (Lipinski definition) is 0. The Morgan fingerprint density at radius 2 is 1.79 bits per heavy atom. The zero-order chi connectivity index (χ0) is 10.8. The molecular formula is C9H22O4Si. The van der Waals surface area contributed by atoms with Crippen LogP contribution in [0.15, 0.2) is 0 Å². The highest BCUT2D eigenvalue weighted by molar-refractivity contribution is 6.44. The summed E-state index contributed by atoms with van der Waals surface area (Å²) in [6.07, 6.45) is 1.65. The molecule has 0 radical (unpaired) electrons.